The van der Waals surface area contributed by atoms with Gasteiger partial charge in [-0.05, 0) is 6.08 Å². The summed E-state index contributed by atoms with van der Waals surface area (Å²) in [4.78, 5) is 24.4. The van der Waals surface area contributed by atoms with Crippen molar-refractivity contribution in [2.75, 3.05) is 19.6 Å². The van der Waals surface area contributed by atoms with E-state index >= 15 is 0 Å². The lowest BCUT2D eigenvalue weighted by molar-refractivity contribution is -0.134. The number of hydrogen-bond acceptors (Lipinski definition) is 3. The number of hydrogen-bond donors (Lipinski definition) is 1. The van der Waals surface area contributed by atoms with Gasteiger partial charge in [0.1, 0.15) is 0 Å². The molecule has 0 saturated carbocycles. The molecule has 2 heterocycles. The van der Waals surface area contributed by atoms with Crippen LogP contribution in [0.2, 0.25) is 0 Å². The van der Waals surface area contributed by atoms with Crippen molar-refractivity contribution in [3.63, 3.8) is 0 Å². The van der Waals surface area contributed by atoms with E-state index in [2.05, 4.69) is 10.4 Å². The monoisotopic (exact) mass is 234 g/mol. The Hall–Kier alpha value is -2.11. The molecule has 1 aliphatic heterocycles. The van der Waals surface area contributed by atoms with Crippen molar-refractivity contribution < 1.29 is 9.59 Å². The predicted octanol–water partition coefficient (Wildman–Crippen LogP) is -0.608. The molecule has 17 heavy (non-hydrogen) atoms. The molecule has 1 fully saturated rings. The van der Waals surface area contributed by atoms with Gasteiger partial charge >= 0.3 is 0 Å². The van der Waals surface area contributed by atoms with E-state index in [1.165, 1.54) is 11.0 Å². The summed E-state index contributed by atoms with van der Waals surface area (Å²) < 4.78 is 1.67. The molecule has 2 amide bonds. The SMILES string of the molecule is Cn1cc(C=CC(=O)N2CCNC(=O)C2)cn1. The van der Waals surface area contributed by atoms with Gasteiger partial charge in [0.25, 0.3) is 0 Å². The molecule has 1 aromatic rings. The molecular weight excluding hydrogens is 220 g/mol. The summed E-state index contributed by atoms with van der Waals surface area (Å²) in [6.45, 7) is 1.21. The lowest BCUT2D eigenvalue weighted by Gasteiger charge is -2.25. The third-order valence-electron chi connectivity index (χ3n) is 2.49. The van der Waals surface area contributed by atoms with Crippen LogP contribution in [0.15, 0.2) is 18.5 Å². The van der Waals surface area contributed by atoms with E-state index in [0.717, 1.165) is 5.56 Å². The van der Waals surface area contributed by atoms with Crippen molar-refractivity contribution in [1.82, 2.24) is 20.0 Å². The van der Waals surface area contributed by atoms with E-state index in [4.69, 9.17) is 0 Å². The minimum Gasteiger partial charge on any atom is -0.353 e. The summed E-state index contributed by atoms with van der Waals surface area (Å²) in [5, 5.41) is 6.67. The van der Waals surface area contributed by atoms with Crippen LogP contribution in [0.3, 0.4) is 0 Å². The largest absolute Gasteiger partial charge is 0.353 e. The third-order valence-corrected chi connectivity index (χ3v) is 2.49. The van der Waals surface area contributed by atoms with Crippen molar-refractivity contribution in [2.45, 2.75) is 0 Å². The summed E-state index contributed by atoms with van der Waals surface area (Å²) in [6.07, 6.45) is 6.65. The smallest absolute Gasteiger partial charge is 0.247 e. The summed E-state index contributed by atoms with van der Waals surface area (Å²) in [5.41, 5.74) is 0.863. The highest BCUT2D eigenvalue weighted by molar-refractivity contribution is 5.94. The molecule has 90 valence electrons. The van der Waals surface area contributed by atoms with Crippen LogP contribution in [0.25, 0.3) is 6.08 Å². The Bertz CT molecular complexity index is 464. The van der Waals surface area contributed by atoms with Crippen LogP contribution in [-0.4, -0.2) is 46.1 Å². The molecule has 0 aromatic carbocycles. The number of carbonyl (C=O) groups excluding carboxylic acids is 2. The number of aryl methyl sites for hydroxylation is 1. The van der Waals surface area contributed by atoms with E-state index < -0.39 is 0 Å². The first-order chi connectivity index (χ1) is 8.15. The molecule has 0 aliphatic carbocycles. The van der Waals surface area contributed by atoms with E-state index in [0.29, 0.717) is 13.1 Å². The fraction of sp³-hybridized carbons (Fsp3) is 0.364. The molecule has 0 spiro atoms. The van der Waals surface area contributed by atoms with E-state index in [9.17, 15) is 9.59 Å². The molecule has 1 N–H and O–H groups in total. The van der Waals surface area contributed by atoms with Crippen molar-refractivity contribution in [1.29, 1.82) is 0 Å². The van der Waals surface area contributed by atoms with E-state index in [1.54, 1.807) is 17.0 Å². The summed E-state index contributed by atoms with van der Waals surface area (Å²) >= 11 is 0. The molecular formula is C11H14N4O2. The number of piperazine rings is 1. The van der Waals surface area contributed by atoms with Gasteiger partial charge in [0.2, 0.25) is 11.8 Å². The first-order valence-corrected chi connectivity index (χ1v) is 5.37. The van der Waals surface area contributed by atoms with Gasteiger partial charge in [0, 0.05) is 38.0 Å². The molecule has 0 radical (unpaired) electrons. The zero-order valence-electron chi connectivity index (χ0n) is 9.59. The average molecular weight is 234 g/mol. The van der Waals surface area contributed by atoms with Crippen LogP contribution in [0, 0.1) is 0 Å². The highest BCUT2D eigenvalue weighted by atomic mass is 16.2. The summed E-state index contributed by atoms with van der Waals surface area (Å²) in [7, 11) is 1.81. The van der Waals surface area contributed by atoms with Crippen molar-refractivity contribution in [3.05, 3.63) is 24.0 Å². The standard InChI is InChI=1S/C11H14N4O2/c1-14-7-9(6-13-14)2-3-11(17)15-5-4-12-10(16)8-15/h2-3,6-7H,4-5,8H2,1H3,(H,12,16). The first-order valence-electron chi connectivity index (χ1n) is 5.37. The third kappa shape index (κ3) is 2.93. The van der Waals surface area contributed by atoms with Crippen LogP contribution >= 0.6 is 0 Å². The van der Waals surface area contributed by atoms with Gasteiger partial charge in [-0.1, -0.05) is 0 Å². The first kappa shape index (κ1) is 11.4. The maximum atomic E-state index is 11.8. The van der Waals surface area contributed by atoms with E-state index in [1.807, 2.05) is 13.2 Å². The second-order valence-corrected chi connectivity index (χ2v) is 3.89. The van der Waals surface area contributed by atoms with Crippen LogP contribution < -0.4 is 5.32 Å². The van der Waals surface area contributed by atoms with Crippen LogP contribution in [-0.2, 0) is 16.6 Å². The molecule has 2 rings (SSSR count). The minimum atomic E-state index is -0.149. The maximum absolute atomic E-state index is 11.8. The lowest BCUT2D eigenvalue weighted by Crippen LogP contribution is -2.49. The van der Waals surface area contributed by atoms with Crippen molar-refractivity contribution >= 4 is 17.9 Å². The molecule has 0 bridgehead atoms. The highest BCUT2D eigenvalue weighted by Crippen LogP contribution is 2.01. The second-order valence-electron chi connectivity index (χ2n) is 3.89. The maximum Gasteiger partial charge on any atom is 0.247 e. The number of aromatic nitrogens is 2. The quantitative estimate of drug-likeness (QED) is 0.694. The normalized spacial score (nSPS) is 16.3. The van der Waals surface area contributed by atoms with E-state index in [-0.39, 0.29) is 18.4 Å². The Balaban J connectivity index is 1.96. The minimum absolute atomic E-state index is 0.112. The van der Waals surface area contributed by atoms with Gasteiger partial charge < -0.3 is 10.2 Å². The second kappa shape index (κ2) is 4.82. The Morgan fingerprint density at radius 1 is 1.59 bits per heavy atom. The molecule has 0 atom stereocenters. The number of nitrogens with one attached hydrogen (secondary N) is 1. The Morgan fingerprint density at radius 2 is 2.41 bits per heavy atom. The topological polar surface area (TPSA) is 67.2 Å². The molecule has 1 saturated heterocycles. The van der Waals surface area contributed by atoms with Gasteiger partial charge in [0.15, 0.2) is 0 Å². The Labute approximate surface area is 98.9 Å². The number of amides is 2. The highest BCUT2D eigenvalue weighted by Gasteiger charge is 2.18. The molecule has 0 unspecified atom stereocenters. The van der Waals surface area contributed by atoms with Crippen LogP contribution in [0.1, 0.15) is 5.56 Å². The average Bonchev–Trinajstić information content (AvgIpc) is 2.72. The fourth-order valence-corrected chi connectivity index (χ4v) is 1.63. The van der Waals surface area contributed by atoms with Crippen LogP contribution in [0.5, 0.6) is 0 Å². The number of rotatable bonds is 2. The van der Waals surface area contributed by atoms with Gasteiger partial charge in [-0.15, -0.1) is 0 Å². The summed E-state index contributed by atoms with van der Waals surface area (Å²) in [6, 6.07) is 0. The molecule has 1 aromatic heterocycles. The lowest BCUT2D eigenvalue weighted by atomic mass is 10.3. The van der Waals surface area contributed by atoms with Gasteiger partial charge in [-0.3, -0.25) is 14.3 Å². The van der Waals surface area contributed by atoms with Crippen LogP contribution in [0.4, 0.5) is 0 Å². The number of carbonyl (C=O) groups is 2. The molecule has 6 heteroatoms. The Morgan fingerprint density at radius 3 is 3.06 bits per heavy atom. The van der Waals surface area contributed by atoms with Gasteiger partial charge in [-0.25, -0.2) is 0 Å². The zero-order valence-corrected chi connectivity index (χ0v) is 9.59. The van der Waals surface area contributed by atoms with Crippen molar-refractivity contribution in [3.8, 4) is 0 Å². The van der Waals surface area contributed by atoms with Crippen molar-refractivity contribution in [2.24, 2.45) is 7.05 Å². The molecule has 1 aliphatic rings. The molecule has 6 nitrogen and oxygen atoms in total. The predicted molar refractivity (Wildman–Crippen MR) is 61.8 cm³/mol. The number of nitrogens with zero attached hydrogens (tertiary/aromatic N) is 3. The Kier molecular flexibility index (Phi) is 3.22. The zero-order chi connectivity index (χ0) is 12.3. The summed E-state index contributed by atoms with van der Waals surface area (Å²) in [5.74, 6) is -0.261. The fourth-order valence-electron chi connectivity index (χ4n) is 1.63. The van der Waals surface area contributed by atoms with Gasteiger partial charge in [-0.2, -0.15) is 5.10 Å². The van der Waals surface area contributed by atoms with Gasteiger partial charge in [0.05, 0.1) is 12.7 Å².